The Morgan fingerprint density at radius 2 is 1.69 bits per heavy atom. The van der Waals surface area contributed by atoms with Crippen molar-refractivity contribution in [1.82, 2.24) is 0 Å². The summed E-state index contributed by atoms with van der Waals surface area (Å²) < 4.78 is 19.9. The van der Waals surface area contributed by atoms with E-state index in [-0.39, 0.29) is 11.5 Å². The molecule has 4 heteroatoms. The van der Waals surface area contributed by atoms with Crippen LogP contribution < -0.4 is 0 Å². The molecule has 1 spiro atoms. The van der Waals surface area contributed by atoms with Gasteiger partial charge in [-0.3, -0.25) is 0 Å². The maximum Gasteiger partial charge on any atom is 0.175 e. The molecule has 4 saturated carbocycles. The Labute approximate surface area is 195 Å². The van der Waals surface area contributed by atoms with Crippen molar-refractivity contribution in [2.75, 3.05) is 13.7 Å². The number of ether oxygens (including phenoxy) is 3. The summed E-state index contributed by atoms with van der Waals surface area (Å²) in [5.41, 5.74) is 0.682. The lowest BCUT2D eigenvalue weighted by Crippen LogP contribution is -2.55. The van der Waals surface area contributed by atoms with E-state index in [2.05, 4.69) is 27.7 Å². The zero-order chi connectivity index (χ0) is 22.5. The smallest absolute Gasteiger partial charge is 0.175 e. The molecule has 1 N–H and O–H groups in total. The predicted octanol–water partition coefficient (Wildman–Crippen LogP) is 5.77. The lowest BCUT2D eigenvalue weighted by molar-refractivity contribution is -0.337. The van der Waals surface area contributed by atoms with Crippen LogP contribution in [0, 0.1) is 52.3 Å². The maximum absolute atomic E-state index is 10.3. The highest BCUT2D eigenvalue weighted by Crippen LogP contribution is 2.74. The first-order valence-corrected chi connectivity index (χ1v) is 13.7. The number of aliphatic hydroxyl groups excluding tert-OH is 1. The molecule has 0 aromatic heterocycles. The Morgan fingerprint density at radius 3 is 2.41 bits per heavy atom. The summed E-state index contributed by atoms with van der Waals surface area (Å²) in [6.45, 7) is 10.7. The van der Waals surface area contributed by atoms with Crippen molar-refractivity contribution in [2.24, 2.45) is 52.3 Å². The van der Waals surface area contributed by atoms with E-state index in [1.165, 1.54) is 38.5 Å². The Bertz CT molecular complexity index is 746. The Kier molecular flexibility index (Phi) is 5.01. The van der Waals surface area contributed by atoms with Crippen LogP contribution in [0.4, 0.5) is 0 Å². The number of hydrogen-bond acceptors (Lipinski definition) is 4. The van der Waals surface area contributed by atoms with Gasteiger partial charge in [0.15, 0.2) is 11.6 Å². The van der Waals surface area contributed by atoms with E-state index in [1.54, 1.807) is 0 Å². The molecule has 0 aromatic rings. The Morgan fingerprint density at radius 1 is 0.906 bits per heavy atom. The fourth-order valence-electron chi connectivity index (χ4n) is 10.6. The summed E-state index contributed by atoms with van der Waals surface area (Å²) in [6.07, 6.45) is 11.7. The van der Waals surface area contributed by atoms with E-state index in [0.717, 1.165) is 44.1 Å². The summed E-state index contributed by atoms with van der Waals surface area (Å²) in [7, 11) is 1.89. The van der Waals surface area contributed by atoms with Crippen molar-refractivity contribution in [1.29, 1.82) is 0 Å². The number of hydrogen-bond donors (Lipinski definition) is 1. The number of methoxy groups -OCH3 is 1. The van der Waals surface area contributed by atoms with Gasteiger partial charge in [-0.15, -0.1) is 0 Å². The van der Waals surface area contributed by atoms with Gasteiger partial charge in [0.2, 0.25) is 0 Å². The summed E-state index contributed by atoms with van der Waals surface area (Å²) >= 11 is 0. The van der Waals surface area contributed by atoms with Gasteiger partial charge >= 0.3 is 0 Å². The monoisotopic (exact) mass is 446 g/mol. The first kappa shape index (κ1) is 22.3. The number of fused-ring (bicyclic) bond motifs is 7. The van der Waals surface area contributed by atoms with Crippen LogP contribution in [0.15, 0.2) is 0 Å². The summed E-state index contributed by atoms with van der Waals surface area (Å²) in [4.78, 5) is 0. The van der Waals surface area contributed by atoms with E-state index in [0.29, 0.717) is 35.0 Å². The molecule has 2 heterocycles. The standard InChI is InChI=1S/C28H46O4/c1-17-8-13-27(31-16-17)18(2)24-26(4)12-10-22-21(23(26)15-28(24,30-5)32-27)7-6-19-14-20(29)9-11-25(19,22)3/h17-24,29H,6-16H2,1-5H3/t17-,18+,19-,20-,21+,22-,23-,24+,25-,26-,27+,28-/m0/s1. The highest BCUT2D eigenvalue weighted by molar-refractivity contribution is 5.18. The predicted molar refractivity (Wildman–Crippen MR) is 124 cm³/mol. The number of aliphatic hydroxyl groups is 1. The van der Waals surface area contributed by atoms with Gasteiger partial charge in [0, 0.05) is 31.8 Å². The van der Waals surface area contributed by atoms with Gasteiger partial charge in [0.25, 0.3) is 0 Å². The summed E-state index contributed by atoms with van der Waals surface area (Å²) in [5, 5.41) is 10.3. The molecule has 32 heavy (non-hydrogen) atoms. The van der Waals surface area contributed by atoms with E-state index < -0.39 is 11.6 Å². The molecule has 12 atom stereocenters. The van der Waals surface area contributed by atoms with Crippen molar-refractivity contribution in [2.45, 2.75) is 110 Å². The molecular formula is C28H46O4. The molecule has 182 valence electrons. The highest BCUT2D eigenvalue weighted by atomic mass is 16.8. The molecule has 2 aliphatic heterocycles. The van der Waals surface area contributed by atoms with Gasteiger partial charge in [-0.1, -0.05) is 27.7 Å². The Balaban J connectivity index is 1.32. The zero-order valence-electron chi connectivity index (χ0n) is 21.1. The molecule has 0 radical (unpaired) electrons. The largest absolute Gasteiger partial charge is 0.393 e. The van der Waals surface area contributed by atoms with E-state index in [9.17, 15) is 5.11 Å². The van der Waals surface area contributed by atoms with Gasteiger partial charge in [-0.25, -0.2) is 0 Å². The molecule has 6 rings (SSSR count). The molecule has 4 nitrogen and oxygen atoms in total. The molecule has 2 saturated heterocycles. The van der Waals surface area contributed by atoms with Crippen LogP contribution in [0.5, 0.6) is 0 Å². The van der Waals surface area contributed by atoms with Crippen LogP contribution in [0.25, 0.3) is 0 Å². The van der Waals surface area contributed by atoms with Crippen molar-refractivity contribution >= 4 is 0 Å². The van der Waals surface area contributed by atoms with Crippen molar-refractivity contribution in [3.63, 3.8) is 0 Å². The average Bonchev–Trinajstić information content (AvgIpc) is 3.17. The van der Waals surface area contributed by atoms with E-state index >= 15 is 0 Å². The molecule has 0 unspecified atom stereocenters. The molecule has 0 aromatic carbocycles. The summed E-state index contributed by atoms with van der Waals surface area (Å²) in [5.74, 6) is 3.46. The molecular weight excluding hydrogens is 400 g/mol. The molecule has 6 fully saturated rings. The highest BCUT2D eigenvalue weighted by Gasteiger charge is 2.75. The minimum atomic E-state index is -0.477. The lowest BCUT2D eigenvalue weighted by atomic mass is 9.44. The van der Waals surface area contributed by atoms with Crippen LogP contribution in [-0.2, 0) is 14.2 Å². The second-order valence-electron chi connectivity index (χ2n) is 13.5. The maximum atomic E-state index is 10.3. The van der Waals surface area contributed by atoms with Gasteiger partial charge < -0.3 is 19.3 Å². The van der Waals surface area contributed by atoms with Crippen molar-refractivity contribution in [3.05, 3.63) is 0 Å². The van der Waals surface area contributed by atoms with Crippen molar-refractivity contribution < 1.29 is 19.3 Å². The third-order valence-electron chi connectivity index (χ3n) is 12.2. The van der Waals surface area contributed by atoms with Gasteiger partial charge in [0.1, 0.15) is 0 Å². The van der Waals surface area contributed by atoms with Gasteiger partial charge in [-0.2, -0.15) is 0 Å². The number of rotatable bonds is 1. The van der Waals surface area contributed by atoms with Crippen LogP contribution >= 0.6 is 0 Å². The minimum Gasteiger partial charge on any atom is -0.393 e. The van der Waals surface area contributed by atoms with Gasteiger partial charge in [-0.05, 0) is 91.8 Å². The fourth-order valence-corrected chi connectivity index (χ4v) is 10.6. The van der Waals surface area contributed by atoms with E-state index in [1.807, 2.05) is 7.11 Å². The fraction of sp³-hybridized carbons (Fsp3) is 1.00. The topological polar surface area (TPSA) is 47.9 Å². The van der Waals surface area contributed by atoms with Gasteiger partial charge in [0.05, 0.1) is 12.7 Å². The van der Waals surface area contributed by atoms with Crippen LogP contribution in [0.2, 0.25) is 0 Å². The summed E-state index contributed by atoms with van der Waals surface area (Å²) in [6, 6.07) is 0. The van der Waals surface area contributed by atoms with Crippen LogP contribution in [0.1, 0.15) is 91.9 Å². The quantitative estimate of drug-likeness (QED) is 0.556. The van der Waals surface area contributed by atoms with Crippen LogP contribution in [-0.4, -0.2) is 36.5 Å². The zero-order valence-corrected chi connectivity index (χ0v) is 21.1. The molecule has 0 amide bonds. The molecule has 6 aliphatic rings. The molecule has 0 bridgehead atoms. The normalized spacial score (nSPS) is 61.7. The average molecular weight is 447 g/mol. The third-order valence-corrected chi connectivity index (χ3v) is 12.2. The van der Waals surface area contributed by atoms with Crippen molar-refractivity contribution in [3.8, 4) is 0 Å². The third kappa shape index (κ3) is 2.76. The van der Waals surface area contributed by atoms with Crippen LogP contribution in [0.3, 0.4) is 0 Å². The second kappa shape index (κ2) is 7.18. The Hall–Kier alpha value is -0.160. The minimum absolute atomic E-state index is 0.0651. The van der Waals surface area contributed by atoms with E-state index in [4.69, 9.17) is 14.2 Å². The lowest BCUT2D eigenvalue weighted by Gasteiger charge is -2.61. The first-order chi connectivity index (χ1) is 15.2. The second-order valence-corrected chi connectivity index (χ2v) is 13.5. The molecule has 4 aliphatic carbocycles. The SMILES string of the molecule is CO[C@]12C[C@H]3[C@@H]4CC[C@H]5C[C@@H](O)CC[C@]5(C)[C@H]4CC[C@]3(C)[C@H]1[C@@H](C)[C@@]1(CC[C@H](C)CO1)O2. The first-order valence-electron chi connectivity index (χ1n) is 13.7.